The van der Waals surface area contributed by atoms with Gasteiger partial charge in [0.05, 0.1) is 16.7 Å². The first-order valence-corrected chi connectivity index (χ1v) is 7.65. The van der Waals surface area contributed by atoms with Gasteiger partial charge in [0.1, 0.15) is 5.75 Å². The Labute approximate surface area is 144 Å². The molecule has 0 fully saturated rings. The van der Waals surface area contributed by atoms with E-state index in [0.717, 1.165) is 16.5 Å². The van der Waals surface area contributed by atoms with Gasteiger partial charge in [-0.3, -0.25) is 4.79 Å². The van der Waals surface area contributed by atoms with Crippen molar-refractivity contribution in [2.75, 3.05) is 11.9 Å². The SMILES string of the molecule is N#Cc1ccc(OCC(=O)Nc2cccc3ccccc23)c(Cl)c1. The number of hydrogen-bond donors (Lipinski definition) is 1. The molecular formula is C19H13ClN2O2. The molecule has 1 N–H and O–H groups in total. The molecule has 0 bridgehead atoms. The van der Waals surface area contributed by atoms with E-state index in [1.54, 1.807) is 12.1 Å². The second-order valence-electron chi connectivity index (χ2n) is 5.12. The maximum atomic E-state index is 12.1. The van der Waals surface area contributed by atoms with Crippen LogP contribution in [-0.4, -0.2) is 12.5 Å². The van der Waals surface area contributed by atoms with E-state index in [-0.39, 0.29) is 12.5 Å². The van der Waals surface area contributed by atoms with Crippen molar-refractivity contribution in [3.8, 4) is 11.8 Å². The van der Waals surface area contributed by atoms with Crippen molar-refractivity contribution < 1.29 is 9.53 Å². The lowest BCUT2D eigenvalue weighted by atomic mass is 10.1. The van der Waals surface area contributed by atoms with Crippen LogP contribution in [0.4, 0.5) is 5.69 Å². The molecule has 1 amide bonds. The number of fused-ring (bicyclic) bond motifs is 1. The van der Waals surface area contributed by atoms with Crippen LogP contribution in [-0.2, 0) is 4.79 Å². The van der Waals surface area contributed by atoms with Gasteiger partial charge >= 0.3 is 0 Å². The first-order chi connectivity index (χ1) is 11.7. The van der Waals surface area contributed by atoms with Crippen LogP contribution in [0.15, 0.2) is 60.7 Å². The minimum atomic E-state index is -0.285. The Kier molecular flexibility index (Phi) is 4.64. The molecule has 118 valence electrons. The molecule has 0 aromatic heterocycles. The minimum absolute atomic E-state index is 0.172. The number of nitrogens with one attached hydrogen (secondary N) is 1. The van der Waals surface area contributed by atoms with Crippen molar-refractivity contribution in [3.63, 3.8) is 0 Å². The van der Waals surface area contributed by atoms with Crippen LogP contribution in [0.25, 0.3) is 10.8 Å². The summed E-state index contributed by atoms with van der Waals surface area (Å²) >= 11 is 6.02. The van der Waals surface area contributed by atoms with Gasteiger partial charge in [0.15, 0.2) is 6.61 Å². The third kappa shape index (κ3) is 3.48. The maximum Gasteiger partial charge on any atom is 0.262 e. The minimum Gasteiger partial charge on any atom is -0.482 e. The van der Waals surface area contributed by atoms with Gasteiger partial charge in [-0.1, -0.05) is 48.0 Å². The van der Waals surface area contributed by atoms with E-state index in [4.69, 9.17) is 21.6 Å². The number of carbonyl (C=O) groups is 1. The monoisotopic (exact) mass is 336 g/mol. The van der Waals surface area contributed by atoms with Gasteiger partial charge in [-0.25, -0.2) is 0 Å². The number of ether oxygens (including phenoxy) is 1. The zero-order valence-electron chi connectivity index (χ0n) is 12.6. The first kappa shape index (κ1) is 15.9. The van der Waals surface area contributed by atoms with E-state index in [9.17, 15) is 4.79 Å². The fourth-order valence-corrected chi connectivity index (χ4v) is 2.59. The van der Waals surface area contributed by atoms with Crippen molar-refractivity contribution in [3.05, 3.63) is 71.2 Å². The molecule has 0 aliphatic heterocycles. The molecule has 0 spiro atoms. The summed E-state index contributed by atoms with van der Waals surface area (Å²) in [5, 5.41) is 14.0. The highest BCUT2D eigenvalue weighted by Crippen LogP contribution is 2.26. The van der Waals surface area contributed by atoms with E-state index in [1.807, 2.05) is 48.5 Å². The highest BCUT2D eigenvalue weighted by Gasteiger charge is 2.09. The number of hydrogen-bond acceptors (Lipinski definition) is 3. The second-order valence-corrected chi connectivity index (χ2v) is 5.53. The Morgan fingerprint density at radius 2 is 1.92 bits per heavy atom. The third-order valence-corrected chi connectivity index (χ3v) is 3.78. The van der Waals surface area contributed by atoms with Gasteiger partial charge in [0, 0.05) is 11.1 Å². The summed E-state index contributed by atoms with van der Waals surface area (Å²) in [6.45, 7) is -0.172. The number of carbonyl (C=O) groups excluding carboxylic acids is 1. The quantitative estimate of drug-likeness (QED) is 0.769. The molecule has 0 radical (unpaired) electrons. The Hall–Kier alpha value is -3.03. The normalized spacial score (nSPS) is 10.2. The molecule has 24 heavy (non-hydrogen) atoms. The first-order valence-electron chi connectivity index (χ1n) is 7.27. The predicted octanol–water partition coefficient (Wildman–Crippen LogP) is 4.38. The van der Waals surface area contributed by atoms with E-state index < -0.39 is 0 Å². The number of anilines is 1. The zero-order chi connectivity index (χ0) is 16.9. The van der Waals surface area contributed by atoms with Gasteiger partial charge in [-0.05, 0) is 29.7 Å². The van der Waals surface area contributed by atoms with Gasteiger partial charge < -0.3 is 10.1 Å². The van der Waals surface area contributed by atoms with E-state index in [1.165, 1.54) is 6.07 Å². The van der Waals surface area contributed by atoms with Crippen molar-refractivity contribution in [2.24, 2.45) is 0 Å². The number of amides is 1. The molecule has 0 aliphatic rings. The number of nitrogens with zero attached hydrogens (tertiary/aromatic N) is 1. The van der Waals surface area contributed by atoms with Crippen LogP contribution >= 0.6 is 11.6 Å². The number of halogens is 1. The fraction of sp³-hybridized carbons (Fsp3) is 0.0526. The molecule has 0 heterocycles. The summed E-state index contributed by atoms with van der Waals surface area (Å²) in [6, 6.07) is 20.2. The van der Waals surface area contributed by atoms with Gasteiger partial charge in [0.2, 0.25) is 0 Å². The van der Waals surface area contributed by atoms with Crippen molar-refractivity contribution in [1.29, 1.82) is 5.26 Å². The molecule has 0 atom stereocenters. The smallest absolute Gasteiger partial charge is 0.262 e. The highest BCUT2D eigenvalue weighted by molar-refractivity contribution is 6.32. The van der Waals surface area contributed by atoms with Gasteiger partial charge in [-0.2, -0.15) is 5.26 Å². The fourth-order valence-electron chi connectivity index (χ4n) is 2.35. The van der Waals surface area contributed by atoms with Crippen LogP contribution < -0.4 is 10.1 Å². The van der Waals surface area contributed by atoms with E-state index in [2.05, 4.69) is 5.32 Å². The van der Waals surface area contributed by atoms with Crippen molar-refractivity contribution >= 4 is 34.0 Å². The molecule has 0 unspecified atom stereocenters. The maximum absolute atomic E-state index is 12.1. The summed E-state index contributed by atoms with van der Waals surface area (Å²) < 4.78 is 5.43. The van der Waals surface area contributed by atoms with Crippen molar-refractivity contribution in [2.45, 2.75) is 0 Å². The molecule has 3 aromatic carbocycles. The lowest BCUT2D eigenvalue weighted by Gasteiger charge is -2.10. The molecule has 4 nitrogen and oxygen atoms in total. The largest absolute Gasteiger partial charge is 0.482 e. The lowest BCUT2D eigenvalue weighted by Crippen LogP contribution is -2.20. The molecular weight excluding hydrogens is 324 g/mol. The molecule has 5 heteroatoms. The Morgan fingerprint density at radius 3 is 2.71 bits per heavy atom. The zero-order valence-corrected chi connectivity index (χ0v) is 13.4. The number of benzene rings is 3. The summed E-state index contributed by atoms with van der Waals surface area (Å²) in [4.78, 5) is 12.1. The average Bonchev–Trinajstić information content (AvgIpc) is 2.61. The van der Waals surface area contributed by atoms with Crippen LogP contribution in [0, 0.1) is 11.3 Å². The number of nitriles is 1. The Morgan fingerprint density at radius 1 is 1.12 bits per heavy atom. The van der Waals surface area contributed by atoms with Crippen LogP contribution in [0.1, 0.15) is 5.56 Å². The highest BCUT2D eigenvalue weighted by atomic mass is 35.5. The predicted molar refractivity (Wildman–Crippen MR) is 94.2 cm³/mol. The Bertz CT molecular complexity index is 942. The topological polar surface area (TPSA) is 62.1 Å². The Balaban J connectivity index is 1.69. The van der Waals surface area contributed by atoms with E-state index >= 15 is 0 Å². The summed E-state index contributed by atoms with van der Waals surface area (Å²) in [5.41, 5.74) is 1.17. The standard InChI is InChI=1S/C19H13ClN2O2/c20-16-10-13(11-21)8-9-18(16)24-12-19(23)22-17-7-3-5-14-4-1-2-6-15(14)17/h1-10H,12H2,(H,22,23). The lowest BCUT2D eigenvalue weighted by molar-refractivity contribution is -0.118. The van der Waals surface area contributed by atoms with Gasteiger partial charge in [0.25, 0.3) is 5.91 Å². The second kappa shape index (κ2) is 7.03. The number of rotatable bonds is 4. The van der Waals surface area contributed by atoms with Crippen molar-refractivity contribution in [1.82, 2.24) is 0 Å². The summed E-state index contributed by atoms with van der Waals surface area (Å²) in [6.07, 6.45) is 0. The molecule has 3 aromatic rings. The van der Waals surface area contributed by atoms with Crippen LogP contribution in [0.5, 0.6) is 5.75 Å². The molecule has 0 saturated heterocycles. The molecule has 0 saturated carbocycles. The molecule has 3 rings (SSSR count). The summed E-state index contributed by atoms with van der Waals surface area (Å²) in [5.74, 6) is 0.0792. The molecule has 0 aliphatic carbocycles. The van der Waals surface area contributed by atoms with Gasteiger partial charge in [-0.15, -0.1) is 0 Å². The van der Waals surface area contributed by atoms with E-state index in [0.29, 0.717) is 16.3 Å². The third-order valence-electron chi connectivity index (χ3n) is 3.48. The van der Waals surface area contributed by atoms with Crippen LogP contribution in [0.3, 0.4) is 0 Å². The van der Waals surface area contributed by atoms with Crippen LogP contribution in [0.2, 0.25) is 5.02 Å². The average molecular weight is 337 g/mol. The summed E-state index contributed by atoms with van der Waals surface area (Å²) in [7, 11) is 0.